The molecule has 2 N–H and O–H groups in total. The molecule has 2 aromatic rings. The zero-order valence-corrected chi connectivity index (χ0v) is 15.6. The highest BCUT2D eigenvalue weighted by Crippen LogP contribution is 2.42. The largest absolute Gasteiger partial charge is 0.325 e. The number of nitrogens with zero attached hydrogens (tertiary/aromatic N) is 2. The number of rotatable bonds is 5. The van der Waals surface area contributed by atoms with E-state index in [1.54, 1.807) is 12.3 Å². The van der Waals surface area contributed by atoms with Gasteiger partial charge in [-0.05, 0) is 43.9 Å². The molecule has 1 aromatic carbocycles. The molecule has 1 aliphatic carbocycles. The Morgan fingerprint density at radius 1 is 1.36 bits per heavy atom. The lowest BCUT2D eigenvalue weighted by Gasteiger charge is -2.20. The van der Waals surface area contributed by atoms with Gasteiger partial charge in [-0.1, -0.05) is 0 Å². The molecule has 2 fully saturated rings. The van der Waals surface area contributed by atoms with Crippen molar-refractivity contribution in [2.75, 3.05) is 11.9 Å². The van der Waals surface area contributed by atoms with Crippen molar-refractivity contribution in [1.29, 1.82) is 0 Å². The Labute approximate surface area is 162 Å². The number of imide groups is 1. The van der Waals surface area contributed by atoms with Crippen LogP contribution in [0.4, 0.5) is 18.7 Å². The molecule has 4 amide bonds. The Morgan fingerprint density at radius 2 is 2.11 bits per heavy atom. The third-order valence-corrected chi connectivity index (χ3v) is 5.72. The monoisotopic (exact) mass is 406 g/mol. The first-order valence-corrected chi connectivity index (χ1v) is 9.51. The summed E-state index contributed by atoms with van der Waals surface area (Å²) in [6, 6.07) is 2.81. The normalized spacial score (nSPS) is 21.8. The van der Waals surface area contributed by atoms with Crippen molar-refractivity contribution in [3.63, 3.8) is 0 Å². The molecule has 4 rings (SSSR count). The van der Waals surface area contributed by atoms with Crippen LogP contribution in [0.3, 0.4) is 0 Å². The Morgan fingerprint density at radius 3 is 2.79 bits per heavy atom. The van der Waals surface area contributed by atoms with Crippen molar-refractivity contribution in [3.8, 4) is 11.3 Å². The maximum atomic E-state index is 13.4. The molecule has 1 aliphatic heterocycles. The van der Waals surface area contributed by atoms with Gasteiger partial charge in [-0.15, -0.1) is 11.3 Å². The molecule has 28 heavy (non-hydrogen) atoms. The van der Waals surface area contributed by atoms with E-state index in [1.807, 2.05) is 0 Å². The van der Waals surface area contributed by atoms with E-state index in [-0.39, 0.29) is 11.0 Å². The zero-order chi connectivity index (χ0) is 20.1. The van der Waals surface area contributed by atoms with Crippen LogP contribution in [-0.2, 0) is 9.59 Å². The SMILES string of the molecule is C[C@]1(C2CC2)NC(=O)N(CC(=O)Nc2nc(-c3ccc(F)c(F)c3)cs2)C1=O. The summed E-state index contributed by atoms with van der Waals surface area (Å²) in [6.45, 7) is 1.25. The lowest BCUT2D eigenvalue weighted by molar-refractivity contribution is -0.134. The summed E-state index contributed by atoms with van der Waals surface area (Å²) in [5.74, 6) is -2.83. The second kappa shape index (κ2) is 6.62. The number of hydrogen-bond donors (Lipinski definition) is 2. The number of anilines is 1. The lowest BCUT2D eigenvalue weighted by Crippen LogP contribution is -2.46. The first-order valence-electron chi connectivity index (χ1n) is 8.63. The van der Waals surface area contributed by atoms with Gasteiger partial charge < -0.3 is 10.6 Å². The van der Waals surface area contributed by atoms with Crippen molar-refractivity contribution in [2.24, 2.45) is 5.92 Å². The van der Waals surface area contributed by atoms with Gasteiger partial charge in [0.15, 0.2) is 16.8 Å². The van der Waals surface area contributed by atoms with Crippen LogP contribution in [0.15, 0.2) is 23.6 Å². The van der Waals surface area contributed by atoms with Gasteiger partial charge in [-0.2, -0.15) is 0 Å². The Balaban J connectivity index is 1.42. The molecule has 146 valence electrons. The van der Waals surface area contributed by atoms with E-state index in [2.05, 4.69) is 15.6 Å². The Bertz CT molecular complexity index is 991. The molecule has 0 radical (unpaired) electrons. The molecule has 1 saturated heterocycles. The number of urea groups is 1. The van der Waals surface area contributed by atoms with E-state index in [0.717, 1.165) is 41.2 Å². The first kappa shape index (κ1) is 18.5. The molecule has 2 heterocycles. The van der Waals surface area contributed by atoms with Gasteiger partial charge in [0.25, 0.3) is 5.91 Å². The molecular weight excluding hydrogens is 390 g/mol. The fraction of sp³-hybridized carbons (Fsp3) is 0.333. The predicted octanol–water partition coefficient (Wildman–Crippen LogP) is 2.75. The maximum Gasteiger partial charge on any atom is 0.325 e. The summed E-state index contributed by atoms with van der Waals surface area (Å²) in [6.07, 6.45) is 1.74. The number of amides is 4. The molecule has 7 nitrogen and oxygen atoms in total. The summed E-state index contributed by atoms with van der Waals surface area (Å²) < 4.78 is 26.4. The summed E-state index contributed by atoms with van der Waals surface area (Å²) in [7, 11) is 0. The van der Waals surface area contributed by atoms with E-state index < -0.39 is 41.6 Å². The predicted molar refractivity (Wildman–Crippen MR) is 97.5 cm³/mol. The molecule has 1 saturated carbocycles. The van der Waals surface area contributed by atoms with Crippen molar-refractivity contribution in [3.05, 3.63) is 35.2 Å². The quantitative estimate of drug-likeness (QED) is 0.747. The van der Waals surface area contributed by atoms with Crippen molar-refractivity contribution >= 4 is 34.3 Å². The highest BCUT2D eigenvalue weighted by molar-refractivity contribution is 7.14. The maximum absolute atomic E-state index is 13.4. The lowest BCUT2D eigenvalue weighted by atomic mass is 9.96. The molecule has 0 spiro atoms. The Kier molecular flexibility index (Phi) is 4.37. The number of aromatic nitrogens is 1. The van der Waals surface area contributed by atoms with Crippen molar-refractivity contribution in [2.45, 2.75) is 25.3 Å². The summed E-state index contributed by atoms with van der Waals surface area (Å²) in [5.41, 5.74) is -0.210. The van der Waals surface area contributed by atoms with Gasteiger partial charge in [-0.3, -0.25) is 14.5 Å². The highest BCUT2D eigenvalue weighted by atomic mass is 32.1. The summed E-state index contributed by atoms with van der Waals surface area (Å²) >= 11 is 1.09. The second-order valence-electron chi connectivity index (χ2n) is 7.01. The van der Waals surface area contributed by atoms with Crippen LogP contribution >= 0.6 is 11.3 Å². The molecule has 2 aliphatic rings. The summed E-state index contributed by atoms with van der Waals surface area (Å²) in [5, 5.41) is 7.01. The number of benzene rings is 1. The van der Waals surface area contributed by atoms with E-state index in [0.29, 0.717) is 11.3 Å². The Hall–Kier alpha value is -2.88. The van der Waals surface area contributed by atoms with Gasteiger partial charge >= 0.3 is 6.03 Å². The number of halogens is 2. The van der Waals surface area contributed by atoms with Gasteiger partial charge in [-0.25, -0.2) is 18.6 Å². The standard InChI is InChI=1S/C18H16F2N4O3S/c1-18(10-3-4-10)15(26)24(17(27)23-18)7-14(25)22-16-21-13(8-28-16)9-2-5-11(19)12(20)6-9/h2,5-6,8,10H,3-4,7H2,1H3,(H,23,27)(H,21,22,25)/t18-/m1/s1. The fourth-order valence-corrected chi connectivity index (χ4v) is 3.95. The van der Waals surface area contributed by atoms with Crippen molar-refractivity contribution in [1.82, 2.24) is 15.2 Å². The van der Waals surface area contributed by atoms with Crippen LogP contribution in [0.25, 0.3) is 11.3 Å². The number of carbonyl (C=O) groups is 3. The van der Waals surface area contributed by atoms with Crippen molar-refractivity contribution < 1.29 is 23.2 Å². The third-order valence-electron chi connectivity index (χ3n) is 4.96. The smallest absolute Gasteiger partial charge is 0.323 e. The van der Waals surface area contributed by atoms with Crippen LogP contribution < -0.4 is 10.6 Å². The first-order chi connectivity index (χ1) is 13.3. The van der Waals surface area contributed by atoms with Crippen LogP contribution in [-0.4, -0.2) is 39.8 Å². The molecule has 1 aromatic heterocycles. The van der Waals surface area contributed by atoms with Crippen LogP contribution in [0.5, 0.6) is 0 Å². The topological polar surface area (TPSA) is 91.4 Å². The van der Waals surface area contributed by atoms with Gasteiger partial charge in [0.2, 0.25) is 5.91 Å². The van der Waals surface area contributed by atoms with Crippen LogP contribution in [0.2, 0.25) is 0 Å². The molecule has 0 bridgehead atoms. The fourth-order valence-electron chi connectivity index (χ4n) is 3.22. The number of hydrogen-bond acceptors (Lipinski definition) is 5. The van der Waals surface area contributed by atoms with E-state index in [9.17, 15) is 23.2 Å². The zero-order valence-electron chi connectivity index (χ0n) is 14.8. The highest BCUT2D eigenvalue weighted by Gasteiger charge is 2.56. The van der Waals surface area contributed by atoms with Crippen LogP contribution in [0.1, 0.15) is 19.8 Å². The van der Waals surface area contributed by atoms with Gasteiger partial charge in [0, 0.05) is 10.9 Å². The number of nitrogens with one attached hydrogen (secondary N) is 2. The van der Waals surface area contributed by atoms with Crippen LogP contribution in [0, 0.1) is 17.6 Å². The van der Waals surface area contributed by atoms with Gasteiger partial charge in [0.05, 0.1) is 5.69 Å². The number of thiazole rings is 1. The molecule has 10 heteroatoms. The minimum Gasteiger partial charge on any atom is -0.323 e. The molecular formula is C18H16F2N4O3S. The van der Waals surface area contributed by atoms with E-state index in [4.69, 9.17) is 0 Å². The summed E-state index contributed by atoms with van der Waals surface area (Å²) in [4.78, 5) is 42.0. The number of carbonyl (C=O) groups excluding carboxylic acids is 3. The van der Waals surface area contributed by atoms with E-state index in [1.165, 1.54) is 6.07 Å². The van der Waals surface area contributed by atoms with Gasteiger partial charge in [0.1, 0.15) is 12.1 Å². The third kappa shape index (κ3) is 3.24. The van der Waals surface area contributed by atoms with E-state index >= 15 is 0 Å². The second-order valence-corrected chi connectivity index (χ2v) is 7.87. The minimum absolute atomic E-state index is 0.106. The average Bonchev–Trinajstić information content (AvgIpc) is 3.37. The average molecular weight is 406 g/mol. The molecule has 1 atom stereocenters. The minimum atomic E-state index is -0.992. The molecule has 0 unspecified atom stereocenters.